The summed E-state index contributed by atoms with van der Waals surface area (Å²) in [5, 5.41) is 0. The summed E-state index contributed by atoms with van der Waals surface area (Å²) in [5.74, 6) is 2.26. The molecule has 0 heteroatoms. The molecular weight excluding hydrogens is 468 g/mol. The first-order chi connectivity index (χ1) is 18.6. The lowest BCUT2D eigenvalue weighted by Gasteiger charge is -2.47. The van der Waals surface area contributed by atoms with Crippen molar-refractivity contribution in [3.63, 3.8) is 0 Å². The third-order valence-electron chi connectivity index (χ3n) is 9.82. The molecule has 0 amide bonds. The van der Waals surface area contributed by atoms with E-state index in [2.05, 4.69) is 157 Å². The van der Waals surface area contributed by atoms with Crippen LogP contribution in [0.4, 0.5) is 0 Å². The molecule has 1 saturated carbocycles. The molecule has 0 radical (unpaired) electrons. The van der Waals surface area contributed by atoms with Gasteiger partial charge in [0.1, 0.15) is 0 Å². The number of allylic oxidation sites excluding steroid dienone is 12. The highest BCUT2D eigenvalue weighted by Crippen LogP contribution is 2.63. The maximum atomic E-state index is 2.69. The second-order valence-corrected chi connectivity index (χ2v) is 14.1. The largest absolute Gasteiger partial charge is 0.0804 e. The molecule has 2 aromatic carbocycles. The van der Waals surface area contributed by atoms with Crippen LogP contribution in [0.3, 0.4) is 0 Å². The molecule has 0 nitrogen and oxygen atoms in total. The number of rotatable bonds is 4. The van der Waals surface area contributed by atoms with E-state index in [1.807, 2.05) is 0 Å². The SMILES string of the molecule is CC(C)(C)C1=CC2C(C=C1)C1C=CC(C(C)(C)C)=CC1C2C(C1=CCC=C1)(c1ccccc1)c1ccccc1. The van der Waals surface area contributed by atoms with Gasteiger partial charge in [0.15, 0.2) is 0 Å². The smallest absolute Gasteiger partial charge is 0.0487 e. The van der Waals surface area contributed by atoms with Gasteiger partial charge < -0.3 is 0 Å². The third-order valence-corrected chi connectivity index (χ3v) is 9.82. The summed E-state index contributed by atoms with van der Waals surface area (Å²) >= 11 is 0. The minimum absolute atomic E-state index is 0.122. The molecule has 0 aromatic heterocycles. The molecular formula is C39H44. The Kier molecular flexibility index (Phi) is 6.37. The lowest BCUT2D eigenvalue weighted by molar-refractivity contribution is 0.264. The molecule has 1 fully saturated rings. The highest BCUT2D eigenvalue weighted by molar-refractivity contribution is 5.57. The van der Waals surface area contributed by atoms with E-state index in [4.69, 9.17) is 0 Å². The fourth-order valence-corrected chi connectivity index (χ4v) is 7.95. The van der Waals surface area contributed by atoms with Gasteiger partial charge in [-0.05, 0) is 74.7 Å². The van der Waals surface area contributed by atoms with Gasteiger partial charge in [0, 0.05) is 5.41 Å². The molecule has 2 aromatic rings. The Labute approximate surface area is 236 Å². The van der Waals surface area contributed by atoms with Crippen LogP contribution >= 0.6 is 0 Å². The van der Waals surface area contributed by atoms with E-state index < -0.39 is 0 Å². The molecule has 0 heterocycles. The van der Waals surface area contributed by atoms with E-state index in [0.717, 1.165) is 6.42 Å². The van der Waals surface area contributed by atoms with Gasteiger partial charge in [-0.3, -0.25) is 0 Å². The van der Waals surface area contributed by atoms with Crippen molar-refractivity contribution in [3.8, 4) is 0 Å². The van der Waals surface area contributed by atoms with E-state index in [1.54, 1.807) is 0 Å². The first-order valence-corrected chi connectivity index (χ1v) is 14.9. The average molecular weight is 513 g/mol. The first kappa shape index (κ1) is 26.1. The Morgan fingerprint density at radius 2 is 1.00 bits per heavy atom. The van der Waals surface area contributed by atoms with Gasteiger partial charge in [-0.15, -0.1) is 0 Å². The quantitative estimate of drug-likeness (QED) is 0.382. The van der Waals surface area contributed by atoms with Crippen LogP contribution < -0.4 is 0 Å². The van der Waals surface area contributed by atoms with E-state index in [-0.39, 0.29) is 16.2 Å². The normalized spacial score (nSPS) is 28.1. The lowest BCUT2D eigenvalue weighted by Crippen LogP contribution is -2.43. The summed E-state index contributed by atoms with van der Waals surface area (Å²) in [6.45, 7) is 14.2. The average Bonchev–Trinajstić information content (AvgIpc) is 3.57. The van der Waals surface area contributed by atoms with Gasteiger partial charge in [0.2, 0.25) is 0 Å². The van der Waals surface area contributed by atoms with Crippen LogP contribution in [0, 0.1) is 40.4 Å². The summed E-state index contributed by atoms with van der Waals surface area (Å²) in [7, 11) is 0. The predicted octanol–water partition coefficient (Wildman–Crippen LogP) is 10.0. The fourth-order valence-electron chi connectivity index (χ4n) is 7.95. The lowest BCUT2D eigenvalue weighted by atomic mass is 9.55. The summed E-state index contributed by atoms with van der Waals surface area (Å²) in [6, 6.07) is 22.9. The van der Waals surface area contributed by atoms with Gasteiger partial charge in [0.25, 0.3) is 0 Å². The zero-order valence-corrected chi connectivity index (χ0v) is 24.6. The fraction of sp³-hybridized carbons (Fsp3) is 0.385. The van der Waals surface area contributed by atoms with Crippen molar-refractivity contribution < 1.29 is 0 Å². The van der Waals surface area contributed by atoms with Gasteiger partial charge in [-0.1, -0.05) is 157 Å². The van der Waals surface area contributed by atoms with Crippen molar-refractivity contribution in [2.75, 3.05) is 0 Å². The molecule has 0 saturated heterocycles. The molecule has 200 valence electrons. The molecule has 6 rings (SSSR count). The van der Waals surface area contributed by atoms with Crippen LogP contribution in [0.5, 0.6) is 0 Å². The van der Waals surface area contributed by atoms with Gasteiger partial charge >= 0.3 is 0 Å². The van der Waals surface area contributed by atoms with Crippen LogP contribution in [0.2, 0.25) is 0 Å². The van der Waals surface area contributed by atoms with E-state index in [1.165, 1.54) is 27.8 Å². The van der Waals surface area contributed by atoms with Crippen molar-refractivity contribution in [2.24, 2.45) is 40.4 Å². The number of fused-ring (bicyclic) bond motifs is 3. The zero-order chi connectivity index (χ0) is 27.4. The van der Waals surface area contributed by atoms with Crippen LogP contribution in [0.1, 0.15) is 59.1 Å². The maximum absolute atomic E-state index is 2.69. The summed E-state index contributed by atoms with van der Waals surface area (Å²) in [4.78, 5) is 0. The minimum atomic E-state index is -0.243. The topological polar surface area (TPSA) is 0 Å². The summed E-state index contributed by atoms with van der Waals surface area (Å²) in [5.41, 5.74) is 7.24. The molecule has 0 aliphatic heterocycles. The Hall–Kier alpha value is -3.12. The molecule has 39 heavy (non-hydrogen) atoms. The second kappa shape index (κ2) is 9.51. The van der Waals surface area contributed by atoms with Crippen molar-refractivity contribution in [3.05, 3.63) is 143 Å². The minimum Gasteiger partial charge on any atom is -0.0804 e. The van der Waals surface area contributed by atoms with Gasteiger partial charge in [0.05, 0.1) is 0 Å². The number of hydrogen-bond donors (Lipinski definition) is 0. The van der Waals surface area contributed by atoms with Crippen LogP contribution in [-0.2, 0) is 5.41 Å². The summed E-state index contributed by atoms with van der Waals surface area (Å²) in [6.07, 6.45) is 23.7. The monoisotopic (exact) mass is 512 g/mol. The molecule has 4 aliphatic carbocycles. The van der Waals surface area contributed by atoms with Crippen LogP contribution in [0.25, 0.3) is 0 Å². The molecule has 0 bridgehead atoms. The van der Waals surface area contributed by atoms with Crippen LogP contribution in [-0.4, -0.2) is 0 Å². The predicted molar refractivity (Wildman–Crippen MR) is 166 cm³/mol. The van der Waals surface area contributed by atoms with Crippen molar-refractivity contribution in [2.45, 2.75) is 53.4 Å². The van der Waals surface area contributed by atoms with Crippen molar-refractivity contribution in [1.29, 1.82) is 0 Å². The molecule has 4 unspecified atom stereocenters. The van der Waals surface area contributed by atoms with E-state index >= 15 is 0 Å². The molecule has 0 N–H and O–H groups in total. The Bertz CT molecular complexity index is 1300. The Morgan fingerprint density at radius 3 is 1.38 bits per heavy atom. The molecule has 4 atom stereocenters. The van der Waals surface area contributed by atoms with Crippen molar-refractivity contribution >= 4 is 0 Å². The number of benzene rings is 2. The standard InChI is InChI=1S/C39H44/c1-37(2,3)30-21-23-32-33-24-22-31(38(4,5)6)26-35(33)36(34(32)25-30)39(29-19-13-14-20-29,27-15-9-7-10-16-27)28-17-11-8-12-18-28/h7-13,15-26,32-36H,14H2,1-6H3. The van der Waals surface area contributed by atoms with Crippen molar-refractivity contribution in [1.82, 2.24) is 0 Å². The Morgan fingerprint density at radius 1 is 0.538 bits per heavy atom. The van der Waals surface area contributed by atoms with E-state index in [0.29, 0.717) is 29.6 Å². The van der Waals surface area contributed by atoms with Gasteiger partial charge in [-0.2, -0.15) is 0 Å². The molecule has 0 spiro atoms. The van der Waals surface area contributed by atoms with E-state index in [9.17, 15) is 0 Å². The second-order valence-electron chi connectivity index (χ2n) is 14.1. The highest BCUT2D eigenvalue weighted by Gasteiger charge is 2.59. The summed E-state index contributed by atoms with van der Waals surface area (Å²) < 4.78 is 0. The third kappa shape index (κ3) is 4.28. The Balaban J connectivity index is 1.68. The number of hydrogen-bond acceptors (Lipinski definition) is 0. The van der Waals surface area contributed by atoms with Crippen LogP contribution in [0.15, 0.2) is 132 Å². The zero-order valence-electron chi connectivity index (χ0n) is 24.6. The molecule has 4 aliphatic rings. The highest BCUT2D eigenvalue weighted by atomic mass is 14.6. The van der Waals surface area contributed by atoms with Gasteiger partial charge in [-0.25, -0.2) is 0 Å². The first-order valence-electron chi connectivity index (χ1n) is 14.9. The maximum Gasteiger partial charge on any atom is 0.0487 e.